The van der Waals surface area contributed by atoms with Crippen molar-refractivity contribution in [2.75, 3.05) is 26.9 Å². The molecular weight excluding hydrogens is 462 g/mol. The van der Waals surface area contributed by atoms with Crippen molar-refractivity contribution >= 4 is 11.8 Å². The smallest absolute Gasteiger partial charge is 0.336 e. The van der Waals surface area contributed by atoms with Gasteiger partial charge in [0.1, 0.15) is 12.4 Å². The Kier molecular flexibility index (Phi) is 6.31. The van der Waals surface area contributed by atoms with Crippen LogP contribution in [0.25, 0.3) is 17.1 Å². The molecule has 0 radical (unpaired) electrons. The van der Waals surface area contributed by atoms with Crippen molar-refractivity contribution in [3.8, 4) is 34.7 Å². The minimum atomic E-state index is -0.299. The van der Waals surface area contributed by atoms with Crippen LogP contribution < -0.4 is 14.2 Å². The average molecular weight is 486 g/mol. The fraction of sp³-hybridized carbons (Fsp3) is 0.192. The maximum absolute atomic E-state index is 12.5. The molecule has 182 valence electrons. The van der Waals surface area contributed by atoms with Crippen molar-refractivity contribution in [3.63, 3.8) is 0 Å². The summed E-state index contributed by atoms with van der Waals surface area (Å²) in [6.07, 6.45) is 1.64. The third kappa shape index (κ3) is 4.36. The van der Waals surface area contributed by atoms with Gasteiger partial charge in [0.2, 0.25) is 5.88 Å². The summed E-state index contributed by atoms with van der Waals surface area (Å²) in [7, 11) is 1.56. The average Bonchev–Trinajstić information content (AvgIpc) is 3.44. The van der Waals surface area contributed by atoms with Crippen LogP contribution in [-0.4, -0.2) is 63.3 Å². The van der Waals surface area contributed by atoms with Gasteiger partial charge in [-0.05, 0) is 49.4 Å². The lowest BCUT2D eigenvalue weighted by Gasteiger charge is -2.14. The first-order valence-electron chi connectivity index (χ1n) is 11.4. The molecular formula is C26H23N5O5. The van der Waals surface area contributed by atoms with Gasteiger partial charge in [-0.1, -0.05) is 12.1 Å². The number of amides is 2. The normalized spacial score (nSPS) is 12.6. The molecule has 0 saturated heterocycles. The quantitative estimate of drug-likeness (QED) is 0.332. The molecule has 3 heterocycles. The zero-order valence-electron chi connectivity index (χ0n) is 19.7. The molecule has 1 aliphatic rings. The van der Waals surface area contributed by atoms with Crippen LogP contribution in [0.2, 0.25) is 0 Å². The number of fused-ring (bicyclic) bond motifs is 1. The standard InChI is InChI=1S/C26H23N5O5/c1-3-35-26-28-23(31(29-26)18-10-13-22(34-2)27-16-18)17-8-11-19(12-9-17)36-15-14-30-24(32)20-6-4-5-7-21(20)25(30)33/h4-13,16H,3,14-15H2,1-2H3. The first-order chi connectivity index (χ1) is 17.6. The van der Waals surface area contributed by atoms with E-state index in [1.54, 1.807) is 60.5 Å². The number of imide groups is 1. The Labute approximate surface area is 207 Å². The SMILES string of the molecule is CCOc1nc(-c2ccc(OCCN3C(=O)c4ccccc4C3=O)cc2)n(-c2ccc(OC)nc2)n1. The van der Waals surface area contributed by atoms with E-state index in [-0.39, 0.29) is 31.0 Å². The number of hydrogen-bond donors (Lipinski definition) is 0. The Bertz CT molecular complexity index is 1360. The van der Waals surface area contributed by atoms with Crippen LogP contribution in [0, 0.1) is 0 Å². The second-order valence-electron chi connectivity index (χ2n) is 7.80. The fourth-order valence-electron chi connectivity index (χ4n) is 3.87. The molecule has 0 spiro atoms. The van der Waals surface area contributed by atoms with Gasteiger partial charge in [-0.3, -0.25) is 14.5 Å². The summed E-state index contributed by atoms with van der Waals surface area (Å²) in [5, 5.41) is 4.45. The van der Waals surface area contributed by atoms with Gasteiger partial charge in [-0.2, -0.15) is 4.98 Å². The summed E-state index contributed by atoms with van der Waals surface area (Å²) in [5.74, 6) is 1.06. The summed E-state index contributed by atoms with van der Waals surface area (Å²) >= 11 is 0. The van der Waals surface area contributed by atoms with Gasteiger partial charge in [-0.25, -0.2) is 9.67 Å². The van der Waals surface area contributed by atoms with Crippen molar-refractivity contribution in [1.29, 1.82) is 0 Å². The van der Waals surface area contributed by atoms with Crippen LogP contribution in [0.1, 0.15) is 27.6 Å². The van der Waals surface area contributed by atoms with Crippen LogP contribution in [0.15, 0.2) is 66.9 Å². The van der Waals surface area contributed by atoms with E-state index in [0.717, 1.165) is 5.56 Å². The molecule has 0 aliphatic carbocycles. The van der Waals surface area contributed by atoms with E-state index in [4.69, 9.17) is 14.2 Å². The number of aromatic nitrogens is 4. The van der Waals surface area contributed by atoms with Crippen molar-refractivity contribution < 1.29 is 23.8 Å². The topological polar surface area (TPSA) is 109 Å². The number of hydrogen-bond acceptors (Lipinski definition) is 8. The lowest BCUT2D eigenvalue weighted by Crippen LogP contribution is -2.33. The number of nitrogens with zero attached hydrogens (tertiary/aromatic N) is 5. The highest BCUT2D eigenvalue weighted by Gasteiger charge is 2.34. The van der Waals surface area contributed by atoms with Crippen LogP contribution >= 0.6 is 0 Å². The van der Waals surface area contributed by atoms with E-state index in [2.05, 4.69) is 15.1 Å². The van der Waals surface area contributed by atoms with Gasteiger partial charge in [0.25, 0.3) is 11.8 Å². The number of carbonyl (C=O) groups excluding carboxylic acids is 2. The Morgan fingerprint density at radius 2 is 1.61 bits per heavy atom. The molecule has 1 aliphatic heterocycles. The van der Waals surface area contributed by atoms with Crippen LogP contribution in [0.4, 0.5) is 0 Å². The fourth-order valence-corrected chi connectivity index (χ4v) is 3.87. The van der Waals surface area contributed by atoms with E-state index >= 15 is 0 Å². The molecule has 0 atom stereocenters. The minimum Gasteiger partial charge on any atom is -0.492 e. The van der Waals surface area contributed by atoms with E-state index in [1.165, 1.54) is 4.90 Å². The Balaban J connectivity index is 1.29. The second kappa shape index (κ2) is 9.87. The molecule has 10 nitrogen and oxygen atoms in total. The van der Waals surface area contributed by atoms with Gasteiger partial charge in [0.05, 0.1) is 43.3 Å². The molecule has 0 N–H and O–H groups in total. The highest BCUT2D eigenvalue weighted by Crippen LogP contribution is 2.26. The lowest BCUT2D eigenvalue weighted by molar-refractivity contribution is 0.0631. The third-order valence-corrected chi connectivity index (χ3v) is 5.61. The maximum Gasteiger partial charge on any atom is 0.336 e. The lowest BCUT2D eigenvalue weighted by atomic mass is 10.1. The van der Waals surface area contributed by atoms with Gasteiger partial charge in [0, 0.05) is 11.6 Å². The van der Waals surface area contributed by atoms with Crippen LogP contribution in [0.5, 0.6) is 17.6 Å². The van der Waals surface area contributed by atoms with Crippen LogP contribution in [0.3, 0.4) is 0 Å². The second-order valence-corrected chi connectivity index (χ2v) is 7.80. The predicted octanol–water partition coefficient (Wildman–Crippen LogP) is 3.41. The van der Waals surface area contributed by atoms with Gasteiger partial charge in [0.15, 0.2) is 5.82 Å². The molecule has 2 aromatic heterocycles. The predicted molar refractivity (Wildman–Crippen MR) is 130 cm³/mol. The summed E-state index contributed by atoms with van der Waals surface area (Å²) in [6.45, 7) is 2.63. The molecule has 0 unspecified atom stereocenters. The third-order valence-electron chi connectivity index (χ3n) is 5.61. The summed E-state index contributed by atoms with van der Waals surface area (Å²) in [6, 6.07) is 17.9. The van der Waals surface area contributed by atoms with Gasteiger partial charge >= 0.3 is 6.01 Å². The van der Waals surface area contributed by atoms with Crippen molar-refractivity contribution in [2.24, 2.45) is 0 Å². The molecule has 0 saturated carbocycles. The number of carbonyl (C=O) groups is 2. The molecule has 0 bridgehead atoms. The Hall–Kier alpha value is -4.73. The first kappa shape index (κ1) is 23.0. The van der Waals surface area contributed by atoms with Crippen LogP contribution in [-0.2, 0) is 0 Å². The number of rotatable bonds is 9. The van der Waals surface area contributed by atoms with Crippen molar-refractivity contribution in [1.82, 2.24) is 24.6 Å². The zero-order valence-corrected chi connectivity index (χ0v) is 19.7. The van der Waals surface area contributed by atoms with Gasteiger partial charge in [-0.15, -0.1) is 5.10 Å². The van der Waals surface area contributed by atoms with Crippen molar-refractivity contribution in [2.45, 2.75) is 6.92 Å². The minimum absolute atomic E-state index is 0.157. The first-order valence-corrected chi connectivity index (χ1v) is 11.4. The van der Waals surface area contributed by atoms with Gasteiger partial charge < -0.3 is 14.2 Å². The summed E-state index contributed by atoms with van der Waals surface area (Å²) in [4.78, 5) is 35.0. The number of ether oxygens (including phenoxy) is 3. The van der Waals surface area contributed by atoms with Crippen molar-refractivity contribution in [3.05, 3.63) is 78.0 Å². The molecule has 2 aromatic carbocycles. The Morgan fingerprint density at radius 3 is 2.22 bits per heavy atom. The molecule has 36 heavy (non-hydrogen) atoms. The largest absolute Gasteiger partial charge is 0.492 e. The molecule has 4 aromatic rings. The number of pyridine rings is 1. The highest BCUT2D eigenvalue weighted by molar-refractivity contribution is 6.21. The van der Waals surface area contributed by atoms with E-state index in [0.29, 0.717) is 40.9 Å². The number of methoxy groups -OCH3 is 1. The molecule has 0 fully saturated rings. The molecule has 10 heteroatoms. The number of benzene rings is 2. The van der Waals surface area contributed by atoms with E-state index in [9.17, 15) is 9.59 Å². The Morgan fingerprint density at radius 1 is 0.889 bits per heavy atom. The molecule has 2 amide bonds. The zero-order chi connectivity index (χ0) is 25.1. The summed E-state index contributed by atoms with van der Waals surface area (Å²) in [5.41, 5.74) is 2.34. The highest BCUT2D eigenvalue weighted by atomic mass is 16.5. The molecule has 5 rings (SSSR count). The van der Waals surface area contributed by atoms with E-state index < -0.39 is 0 Å². The summed E-state index contributed by atoms with van der Waals surface area (Å²) < 4.78 is 18.1. The van der Waals surface area contributed by atoms with E-state index in [1.807, 2.05) is 25.1 Å². The maximum atomic E-state index is 12.5. The monoisotopic (exact) mass is 485 g/mol.